The second kappa shape index (κ2) is 7.94. The lowest BCUT2D eigenvalue weighted by atomic mass is 9.86. The minimum absolute atomic E-state index is 0.00834. The normalized spacial score (nSPS) is 19.3. The van der Waals surface area contributed by atoms with Gasteiger partial charge in [-0.1, -0.05) is 6.58 Å². The Labute approximate surface area is 176 Å². The van der Waals surface area contributed by atoms with E-state index < -0.39 is 5.92 Å². The number of fused-ring (bicyclic) bond motifs is 3. The Kier molecular flexibility index (Phi) is 5.33. The fourth-order valence-corrected chi connectivity index (χ4v) is 4.02. The number of hydrogen-bond donors (Lipinski definition) is 0. The van der Waals surface area contributed by atoms with E-state index in [1.807, 2.05) is 19.9 Å². The largest absolute Gasteiger partial charge is 0.493 e. The molecule has 0 saturated heterocycles. The first-order valence-corrected chi connectivity index (χ1v) is 10.0. The maximum absolute atomic E-state index is 13.5. The summed E-state index contributed by atoms with van der Waals surface area (Å²) in [4.78, 5) is 13.5. The van der Waals surface area contributed by atoms with E-state index in [0.717, 1.165) is 22.4 Å². The molecule has 0 amide bonds. The van der Waals surface area contributed by atoms with Crippen molar-refractivity contribution in [2.75, 3.05) is 27.4 Å². The number of ether oxygens (including phenoxy) is 5. The Morgan fingerprint density at radius 3 is 2.57 bits per heavy atom. The zero-order chi connectivity index (χ0) is 21.4. The van der Waals surface area contributed by atoms with Crippen LogP contribution in [0.1, 0.15) is 41.3 Å². The standard InChI is InChI=1S/C24H26O6/c1-6-28-20-11-22(27-5)21(26-4)9-15(20)17-12-29-24-14(23(17)25)7-8-18-16(24)10-19(30-18)13(2)3/h7-9,11,17,19H,2,6,10,12H2,1,3-5H3/t17-,19?/m1/s1. The van der Waals surface area contributed by atoms with E-state index in [1.54, 1.807) is 32.4 Å². The highest BCUT2D eigenvalue weighted by atomic mass is 16.5. The van der Waals surface area contributed by atoms with Crippen molar-refractivity contribution in [3.8, 4) is 28.7 Å². The van der Waals surface area contributed by atoms with E-state index in [1.165, 1.54) is 0 Å². The second-order valence-electron chi connectivity index (χ2n) is 7.48. The minimum atomic E-state index is -0.504. The van der Waals surface area contributed by atoms with Crippen molar-refractivity contribution in [2.24, 2.45) is 0 Å². The molecule has 2 aliphatic rings. The van der Waals surface area contributed by atoms with Crippen molar-refractivity contribution in [2.45, 2.75) is 32.3 Å². The summed E-state index contributed by atoms with van der Waals surface area (Å²) in [7, 11) is 3.14. The van der Waals surface area contributed by atoms with Crippen LogP contribution in [0.15, 0.2) is 36.4 Å². The van der Waals surface area contributed by atoms with Gasteiger partial charge in [0.05, 0.1) is 32.3 Å². The summed E-state index contributed by atoms with van der Waals surface area (Å²) in [6.07, 6.45) is 0.574. The van der Waals surface area contributed by atoms with E-state index >= 15 is 0 Å². The molecule has 0 aliphatic carbocycles. The minimum Gasteiger partial charge on any atom is -0.493 e. The molecule has 0 fully saturated rings. The maximum Gasteiger partial charge on any atom is 0.177 e. The molecule has 2 atom stereocenters. The summed E-state index contributed by atoms with van der Waals surface area (Å²) in [6.45, 7) is 8.51. The van der Waals surface area contributed by atoms with Crippen LogP contribution < -0.4 is 23.7 Å². The average Bonchev–Trinajstić information content (AvgIpc) is 3.19. The van der Waals surface area contributed by atoms with Crippen molar-refractivity contribution >= 4 is 5.78 Å². The molecule has 2 aliphatic heterocycles. The van der Waals surface area contributed by atoms with Gasteiger partial charge in [-0.05, 0) is 37.6 Å². The molecule has 0 bridgehead atoms. The van der Waals surface area contributed by atoms with E-state index in [0.29, 0.717) is 41.6 Å². The first-order chi connectivity index (χ1) is 14.5. The first-order valence-electron chi connectivity index (χ1n) is 10.0. The van der Waals surface area contributed by atoms with Gasteiger partial charge in [-0.2, -0.15) is 0 Å². The van der Waals surface area contributed by atoms with Gasteiger partial charge in [0.15, 0.2) is 17.3 Å². The van der Waals surface area contributed by atoms with Crippen LogP contribution in [0.5, 0.6) is 28.7 Å². The highest BCUT2D eigenvalue weighted by Gasteiger charge is 2.37. The molecule has 0 saturated carbocycles. The topological polar surface area (TPSA) is 63.2 Å². The van der Waals surface area contributed by atoms with Gasteiger partial charge in [0, 0.05) is 23.6 Å². The lowest BCUT2D eigenvalue weighted by molar-refractivity contribution is 0.0892. The third-order valence-electron chi connectivity index (χ3n) is 5.59. The van der Waals surface area contributed by atoms with Crippen LogP contribution in [-0.2, 0) is 6.42 Å². The second-order valence-corrected chi connectivity index (χ2v) is 7.48. The molecule has 0 spiro atoms. The number of carbonyl (C=O) groups excluding carboxylic acids is 1. The summed E-state index contributed by atoms with van der Waals surface area (Å²) < 4.78 is 28.7. The third kappa shape index (κ3) is 3.26. The number of ketones is 1. The van der Waals surface area contributed by atoms with Gasteiger partial charge in [0.2, 0.25) is 0 Å². The Hall–Kier alpha value is -3.15. The van der Waals surface area contributed by atoms with E-state index in [9.17, 15) is 4.79 Å². The molecule has 158 valence electrons. The van der Waals surface area contributed by atoms with Gasteiger partial charge in [-0.15, -0.1) is 0 Å². The number of methoxy groups -OCH3 is 2. The van der Waals surface area contributed by atoms with E-state index in [4.69, 9.17) is 23.7 Å². The maximum atomic E-state index is 13.5. The summed E-state index contributed by atoms with van der Waals surface area (Å²) in [5, 5.41) is 0. The van der Waals surface area contributed by atoms with Crippen molar-refractivity contribution in [3.05, 3.63) is 53.1 Å². The van der Waals surface area contributed by atoms with Gasteiger partial charge < -0.3 is 23.7 Å². The van der Waals surface area contributed by atoms with Crippen LogP contribution in [0.2, 0.25) is 0 Å². The summed E-state index contributed by atoms with van der Waals surface area (Å²) >= 11 is 0. The Morgan fingerprint density at radius 2 is 1.90 bits per heavy atom. The summed E-state index contributed by atoms with van der Waals surface area (Å²) in [5.41, 5.74) is 3.17. The zero-order valence-electron chi connectivity index (χ0n) is 17.7. The van der Waals surface area contributed by atoms with Crippen molar-refractivity contribution < 1.29 is 28.5 Å². The van der Waals surface area contributed by atoms with Gasteiger partial charge in [-0.25, -0.2) is 0 Å². The molecule has 30 heavy (non-hydrogen) atoms. The lowest BCUT2D eigenvalue weighted by Crippen LogP contribution is -2.27. The highest BCUT2D eigenvalue weighted by molar-refractivity contribution is 6.05. The quantitative estimate of drug-likeness (QED) is 0.660. The molecular formula is C24H26O6. The number of rotatable bonds is 6. The average molecular weight is 410 g/mol. The highest BCUT2D eigenvalue weighted by Crippen LogP contribution is 2.46. The Bertz CT molecular complexity index is 1010. The zero-order valence-corrected chi connectivity index (χ0v) is 17.7. The van der Waals surface area contributed by atoms with Gasteiger partial charge in [-0.3, -0.25) is 4.79 Å². The number of carbonyl (C=O) groups is 1. The van der Waals surface area contributed by atoms with Crippen LogP contribution in [0.4, 0.5) is 0 Å². The fraction of sp³-hybridized carbons (Fsp3) is 0.375. The molecule has 6 nitrogen and oxygen atoms in total. The molecule has 4 rings (SSSR count). The van der Waals surface area contributed by atoms with Crippen molar-refractivity contribution in [1.29, 1.82) is 0 Å². The Morgan fingerprint density at radius 1 is 1.17 bits per heavy atom. The van der Waals surface area contributed by atoms with Crippen LogP contribution >= 0.6 is 0 Å². The molecule has 0 radical (unpaired) electrons. The van der Waals surface area contributed by atoms with E-state index in [-0.39, 0.29) is 18.5 Å². The summed E-state index contributed by atoms with van der Waals surface area (Å²) in [6, 6.07) is 7.19. The monoisotopic (exact) mass is 410 g/mol. The molecule has 0 aromatic heterocycles. The number of Topliss-reactive ketones (excluding diaryl/α,β-unsaturated/α-hetero) is 1. The van der Waals surface area contributed by atoms with Gasteiger partial charge in [0.25, 0.3) is 0 Å². The van der Waals surface area contributed by atoms with Gasteiger partial charge in [0.1, 0.15) is 30.0 Å². The lowest BCUT2D eigenvalue weighted by Gasteiger charge is -2.27. The third-order valence-corrected chi connectivity index (χ3v) is 5.59. The van der Waals surface area contributed by atoms with Crippen molar-refractivity contribution in [1.82, 2.24) is 0 Å². The summed E-state index contributed by atoms with van der Waals surface area (Å²) in [5.74, 6) is 2.55. The van der Waals surface area contributed by atoms with Crippen LogP contribution in [-0.4, -0.2) is 39.3 Å². The first kappa shape index (κ1) is 20.1. The molecule has 2 aromatic rings. The molecule has 2 aromatic carbocycles. The van der Waals surface area contributed by atoms with Gasteiger partial charge >= 0.3 is 0 Å². The SMILES string of the molecule is C=C(C)C1Cc2c(ccc3c2OC[C@H](c2cc(OC)c(OC)cc2OCC)C3=O)O1. The smallest absolute Gasteiger partial charge is 0.177 e. The molecule has 6 heteroatoms. The number of hydrogen-bond acceptors (Lipinski definition) is 6. The van der Waals surface area contributed by atoms with Crippen LogP contribution in [0, 0.1) is 0 Å². The van der Waals surface area contributed by atoms with Crippen LogP contribution in [0.25, 0.3) is 0 Å². The molecule has 0 N–H and O–H groups in total. The molecule has 2 heterocycles. The predicted molar refractivity (Wildman–Crippen MR) is 113 cm³/mol. The fourth-order valence-electron chi connectivity index (χ4n) is 4.02. The molecule has 1 unspecified atom stereocenters. The van der Waals surface area contributed by atoms with E-state index in [2.05, 4.69) is 6.58 Å². The van der Waals surface area contributed by atoms with Crippen LogP contribution in [0.3, 0.4) is 0 Å². The number of benzene rings is 2. The molecular weight excluding hydrogens is 384 g/mol. The van der Waals surface area contributed by atoms with Crippen molar-refractivity contribution in [3.63, 3.8) is 0 Å². The Balaban J connectivity index is 1.73. The predicted octanol–water partition coefficient (Wildman–Crippen LogP) is 4.34.